The Labute approximate surface area is 137 Å². The van der Waals surface area contributed by atoms with Crippen molar-refractivity contribution in [2.75, 3.05) is 26.3 Å². The Kier molecular flexibility index (Phi) is 3.45. The standard InChI is InChI=1S/C19H24N2O2/c1-14-4-5-15-11-17(20(2)16(15)10-14)18(22)21-8-3-6-19(12-21)7-9-23-13-19/h4-5,10-11H,3,6-9,12-13H2,1-2H3/t19-/m1/s1. The van der Waals surface area contributed by atoms with Crippen LogP contribution in [-0.2, 0) is 11.8 Å². The molecule has 2 saturated heterocycles. The van der Waals surface area contributed by atoms with Crippen molar-refractivity contribution in [2.24, 2.45) is 12.5 Å². The first-order valence-corrected chi connectivity index (χ1v) is 8.51. The van der Waals surface area contributed by atoms with Gasteiger partial charge < -0.3 is 14.2 Å². The molecule has 0 bridgehead atoms. The molecule has 0 N–H and O–H groups in total. The van der Waals surface area contributed by atoms with Crippen LogP contribution < -0.4 is 0 Å². The van der Waals surface area contributed by atoms with Crippen molar-refractivity contribution in [1.82, 2.24) is 9.47 Å². The first-order chi connectivity index (χ1) is 11.1. The average molecular weight is 312 g/mol. The smallest absolute Gasteiger partial charge is 0.270 e. The van der Waals surface area contributed by atoms with Crippen LogP contribution in [-0.4, -0.2) is 41.7 Å². The van der Waals surface area contributed by atoms with E-state index in [-0.39, 0.29) is 11.3 Å². The van der Waals surface area contributed by atoms with Crippen LogP contribution in [0.2, 0.25) is 0 Å². The summed E-state index contributed by atoms with van der Waals surface area (Å²) in [4.78, 5) is 15.1. The molecule has 0 saturated carbocycles. The molecule has 23 heavy (non-hydrogen) atoms. The summed E-state index contributed by atoms with van der Waals surface area (Å²) < 4.78 is 7.65. The minimum Gasteiger partial charge on any atom is -0.381 e. The maximum absolute atomic E-state index is 13.1. The van der Waals surface area contributed by atoms with Crippen LogP contribution in [0.4, 0.5) is 0 Å². The van der Waals surface area contributed by atoms with Crippen LogP contribution in [0.25, 0.3) is 10.9 Å². The SMILES string of the molecule is Cc1ccc2cc(C(=O)N3CCC[C@@]4(CCOC4)C3)n(C)c2c1. The molecular weight excluding hydrogens is 288 g/mol. The van der Waals surface area contributed by atoms with Gasteiger partial charge in [0.1, 0.15) is 5.69 Å². The maximum Gasteiger partial charge on any atom is 0.270 e. The number of benzene rings is 1. The quantitative estimate of drug-likeness (QED) is 0.811. The fraction of sp³-hybridized carbons (Fsp3) is 0.526. The van der Waals surface area contributed by atoms with Crippen LogP contribution in [0.15, 0.2) is 24.3 Å². The van der Waals surface area contributed by atoms with Gasteiger partial charge in [-0.1, -0.05) is 12.1 Å². The summed E-state index contributed by atoms with van der Waals surface area (Å²) in [5.74, 6) is 0.160. The summed E-state index contributed by atoms with van der Waals surface area (Å²) in [7, 11) is 1.99. The summed E-state index contributed by atoms with van der Waals surface area (Å²) in [6, 6.07) is 8.38. The van der Waals surface area contributed by atoms with Gasteiger partial charge in [0.2, 0.25) is 0 Å². The lowest BCUT2D eigenvalue weighted by molar-refractivity contribution is 0.0455. The fourth-order valence-corrected chi connectivity index (χ4v) is 4.16. The summed E-state index contributed by atoms with van der Waals surface area (Å²) in [5.41, 5.74) is 3.35. The molecule has 2 aromatic rings. The van der Waals surface area contributed by atoms with E-state index in [0.717, 1.165) is 55.7 Å². The van der Waals surface area contributed by atoms with Crippen molar-refractivity contribution in [3.63, 3.8) is 0 Å². The summed E-state index contributed by atoms with van der Waals surface area (Å²) in [6.45, 7) is 5.44. The lowest BCUT2D eigenvalue weighted by atomic mass is 9.79. The summed E-state index contributed by atoms with van der Waals surface area (Å²) in [6.07, 6.45) is 3.36. The Hall–Kier alpha value is -1.81. The van der Waals surface area contributed by atoms with Gasteiger partial charge >= 0.3 is 0 Å². The zero-order valence-electron chi connectivity index (χ0n) is 14.0. The first-order valence-electron chi connectivity index (χ1n) is 8.51. The molecule has 1 aromatic heterocycles. The highest BCUT2D eigenvalue weighted by Crippen LogP contribution is 2.38. The van der Waals surface area contributed by atoms with Gasteiger partial charge in [-0.05, 0) is 43.9 Å². The van der Waals surface area contributed by atoms with Crippen LogP contribution in [0, 0.1) is 12.3 Å². The Morgan fingerprint density at radius 2 is 2.13 bits per heavy atom. The number of nitrogens with zero attached hydrogens (tertiary/aromatic N) is 2. The molecule has 1 aromatic carbocycles. The second kappa shape index (κ2) is 5.38. The van der Waals surface area contributed by atoms with Gasteiger partial charge in [0, 0.05) is 43.1 Å². The van der Waals surface area contributed by atoms with E-state index >= 15 is 0 Å². The van der Waals surface area contributed by atoms with Crippen molar-refractivity contribution in [1.29, 1.82) is 0 Å². The number of hydrogen-bond donors (Lipinski definition) is 0. The van der Waals surface area contributed by atoms with Crippen LogP contribution in [0.1, 0.15) is 35.3 Å². The topological polar surface area (TPSA) is 34.5 Å². The fourth-order valence-electron chi connectivity index (χ4n) is 4.16. The van der Waals surface area contributed by atoms with Gasteiger partial charge in [0.05, 0.1) is 6.61 Å². The number of aryl methyl sites for hydroxylation is 2. The number of likely N-dealkylation sites (tertiary alicyclic amines) is 1. The van der Waals surface area contributed by atoms with Gasteiger partial charge in [-0.3, -0.25) is 4.79 Å². The van der Waals surface area contributed by atoms with E-state index in [2.05, 4.69) is 25.1 Å². The van der Waals surface area contributed by atoms with Crippen molar-refractivity contribution < 1.29 is 9.53 Å². The van der Waals surface area contributed by atoms with Crippen molar-refractivity contribution >= 4 is 16.8 Å². The number of piperidine rings is 1. The second-order valence-electron chi connectivity index (χ2n) is 7.28. The number of aromatic nitrogens is 1. The summed E-state index contributed by atoms with van der Waals surface area (Å²) in [5, 5.41) is 1.14. The molecular formula is C19H24N2O2. The number of carbonyl (C=O) groups excluding carboxylic acids is 1. The van der Waals surface area contributed by atoms with E-state index in [1.54, 1.807) is 0 Å². The number of ether oxygens (including phenoxy) is 1. The Morgan fingerprint density at radius 1 is 1.26 bits per heavy atom. The summed E-state index contributed by atoms with van der Waals surface area (Å²) >= 11 is 0. The molecule has 3 heterocycles. The highest BCUT2D eigenvalue weighted by Gasteiger charge is 2.40. The zero-order chi connectivity index (χ0) is 16.0. The van der Waals surface area contributed by atoms with Crippen LogP contribution in [0.5, 0.6) is 0 Å². The van der Waals surface area contributed by atoms with Gasteiger partial charge in [0.15, 0.2) is 0 Å². The number of rotatable bonds is 1. The molecule has 2 aliphatic heterocycles. The predicted octanol–water partition coefficient (Wildman–Crippen LogP) is 3.13. The van der Waals surface area contributed by atoms with E-state index in [0.29, 0.717) is 0 Å². The predicted molar refractivity (Wildman–Crippen MR) is 90.7 cm³/mol. The van der Waals surface area contributed by atoms with Crippen molar-refractivity contribution in [2.45, 2.75) is 26.2 Å². The molecule has 1 atom stereocenters. The molecule has 4 rings (SSSR count). The third kappa shape index (κ3) is 2.45. The third-order valence-electron chi connectivity index (χ3n) is 5.55. The highest BCUT2D eigenvalue weighted by atomic mass is 16.5. The minimum atomic E-state index is 0.160. The maximum atomic E-state index is 13.1. The van der Waals surface area contributed by atoms with Crippen molar-refractivity contribution in [3.8, 4) is 0 Å². The first kappa shape index (κ1) is 14.8. The Balaban J connectivity index is 1.65. The minimum absolute atomic E-state index is 0.160. The largest absolute Gasteiger partial charge is 0.381 e. The van der Waals surface area contributed by atoms with Crippen LogP contribution in [0.3, 0.4) is 0 Å². The molecule has 1 amide bonds. The van der Waals surface area contributed by atoms with E-state index in [4.69, 9.17) is 4.74 Å². The highest BCUT2D eigenvalue weighted by molar-refractivity contribution is 5.99. The molecule has 4 nitrogen and oxygen atoms in total. The monoisotopic (exact) mass is 312 g/mol. The molecule has 1 spiro atoms. The average Bonchev–Trinajstić information content (AvgIpc) is 3.12. The molecule has 2 aliphatic rings. The number of amides is 1. The molecule has 2 fully saturated rings. The van der Waals surface area contributed by atoms with E-state index in [9.17, 15) is 4.79 Å². The van der Waals surface area contributed by atoms with Crippen molar-refractivity contribution in [3.05, 3.63) is 35.5 Å². The van der Waals surface area contributed by atoms with Gasteiger partial charge in [0.25, 0.3) is 5.91 Å². The lowest BCUT2D eigenvalue weighted by Gasteiger charge is -2.39. The third-order valence-corrected chi connectivity index (χ3v) is 5.55. The lowest BCUT2D eigenvalue weighted by Crippen LogP contribution is -2.46. The van der Waals surface area contributed by atoms with Gasteiger partial charge in [-0.15, -0.1) is 0 Å². The molecule has 0 aliphatic carbocycles. The number of fused-ring (bicyclic) bond motifs is 1. The Bertz CT molecular complexity index is 756. The molecule has 4 heteroatoms. The van der Waals surface area contributed by atoms with Gasteiger partial charge in [-0.2, -0.15) is 0 Å². The van der Waals surface area contributed by atoms with E-state index in [1.807, 2.05) is 22.6 Å². The number of carbonyl (C=O) groups is 1. The molecule has 0 radical (unpaired) electrons. The van der Waals surface area contributed by atoms with E-state index < -0.39 is 0 Å². The Morgan fingerprint density at radius 3 is 2.91 bits per heavy atom. The zero-order valence-corrected chi connectivity index (χ0v) is 14.0. The molecule has 122 valence electrons. The van der Waals surface area contributed by atoms with E-state index in [1.165, 1.54) is 12.0 Å². The number of hydrogen-bond acceptors (Lipinski definition) is 2. The normalized spacial score (nSPS) is 24.7. The second-order valence-corrected chi connectivity index (χ2v) is 7.28. The van der Waals surface area contributed by atoms with Crippen LogP contribution >= 0.6 is 0 Å². The molecule has 0 unspecified atom stereocenters. The van der Waals surface area contributed by atoms with Gasteiger partial charge in [-0.25, -0.2) is 0 Å².